The van der Waals surface area contributed by atoms with E-state index in [4.69, 9.17) is 0 Å². The summed E-state index contributed by atoms with van der Waals surface area (Å²) in [5, 5.41) is 2.22. The van der Waals surface area contributed by atoms with Gasteiger partial charge in [0, 0.05) is 6.92 Å². The molecule has 0 aromatic carbocycles. The van der Waals surface area contributed by atoms with Gasteiger partial charge in [-0.3, -0.25) is 0 Å². The molecule has 0 fully saturated rings. The molecule has 1 rings (SSSR count). The van der Waals surface area contributed by atoms with Crippen molar-refractivity contribution in [2.24, 2.45) is 0 Å². The molecule has 1 atom stereocenters. The van der Waals surface area contributed by atoms with Crippen molar-refractivity contribution in [2.75, 3.05) is 0 Å². The minimum atomic E-state index is -0.182. The van der Waals surface area contributed by atoms with Crippen LogP contribution in [0.5, 0.6) is 0 Å². The second kappa shape index (κ2) is 2.31. The molecule has 1 aromatic rings. The highest BCUT2D eigenvalue weighted by molar-refractivity contribution is 7.50. The molecule has 48 valence electrons. The van der Waals surface area contributed by atoms with Crippen LogP contribution < -0.4 is 0 Å². The first-order chi connectivity index (χ1) is 4.22. The van der Waals surface area contributed by atoms with Crippen molar-refractivity contribution in [1.82, 2.24) is 0 Å². The number of hydrogen-bond acceptors (Lipinski definition) is 1. The highest BCUT2D eigenvalue weighted by Gasteiger charge is 2.12. The third kappa shape index (κ3) is 1.19. The van der Waals surface area contributed by atoms with Crippen LogP contribution in [0.1, 0.15) is 16.6 Å². The van der Waals surface area contributed by atoms with Gasteiger partial charge in [0.05, 0.1) is 17.4 Å². The van der Waals surface area contributed by atoms with Gasteiger partial charge >= 0.3 is 5.12 Å². The van der Waals surface area contributed by atoms with Crippen LogP contribution in [-0.4, -0.2) is 5.12 Å². The van der Waals surface area contributed by atoms with Gasteiger partial charge in [-0.2, -0.15) is 0 Å². The molecule has 1 nitrogen and oxygen atoms in total. The summed E-state index contributed by atoms with van der Waals surface area (Å²) in [6, 6.07) is 3.93. The molecule has 0 aliphatic rings. The second-order valence-electron chi connectivity index (χ2n) is 1.94. The average Bonchev–Trinajstić information content (AvgIpc) is 2.13. The molecule has 2 heteroatoms. The van der Waals surface area contributed by atoms with Crippen LogP contribution in [0.25, 0.3) is 0 Å². The normalized spacial score (nSPS) is 11.6. The summed E-state index contributed by atoms with van der Waals surface area (Å²) in [7, 11) is -0.182. The smallest absolute Gasteiger partial charge is 0.232 e. The van der Waals surface area contributed by atoms with Crippen molar-refractivity contribution in [2.45, 2.75) is 13.8 Å². The third-order valence-electron chi connectivity index (χ3n) is 1.20. The summed E-state index contributed by atoms with van der Waals surface area (Å²) in [6.45, 7) is 3.63. The molecule has 0 saturated heterocycles. The van der Waals surface area contributed by atoms with E-state index in [1.165, 1.54) is 4.88 Å². The molecule has 0 bridgehead atoms. The van der Waals surface area contributed by atoms with Crippen molar-refractivity contribution in [3.8, 4) is 0 Å². The Hall–Kier alpha value is -0.630. The lowest BCUT2D eigenvalue weighted by molar-refractivity contribution is 0.106. The van der Waals surface area contributed by atoms with Crippen LogP contribution in [0.2, 0.25) is 0 Å². The Labute approximate surface area is 57.3 Å². The van der Waals surface area contributed by atoms with Crippen molar-refractivity contribution < 1.29 is 4.79 Å². The quantitative estimate of drug-likeness (QED) is 0.549. The van der Waals surface area contributed by atoms with Gasteiger partial charge in [-0.15, -0.1) is 0 Å². The van der Waals surface area contributed by atoms with Gasteiger partial charge in [0.2, 0.25) is 0 Å². The Morgan fingerprint density at radius 3 is 2.56 bits per heavy atom. The Balaban J connectivity index is 3.08. The number of carbonyl (C=O) groups excluding carboxylic acids is 1. The summed E-state index contributed by atoms with van der Waals surface area (Å²) >= 11 is 0. The van der Waals surface area contributed by atoms with E-state index in [0.717, 1.165) is 0 Å². The molecule has 0 saturated carbocycles. The lowest BCUT2D eigenvalue weighted by Crippen LogP contribution is -1.78. The van der Waals surface area contributed by atoms with E-state index in [-0.39, 0.29) is 15.6 Å². The zero-order valence-electron chi connectivity index (χ0n) is 5.55. The Morgan fingerprint density at radius 2 is 2.33 bits per heavy atom. The average molecular weight is 141 g/mol. The number of carbonyl (C=O) groups is 1. The minimum Gasteiger partial charge on any atom is -0.232 e. The predicted octanol–water partition coefficient (Wildman–Crippen LogP) is 2.40. The molecule has 0 aliphatic heterocycles. The number of rotatable bonds is 1. The minimum absolute atomic E-state index is 0.182. The molecule has 1 unspecified atom stereocenters. The molecule has 0 radical (unpaired) electrons. The van der Waals surface area contributed by atoms with Gasteiger partial charge in [0.15, 0.2) is 4.88 Å². The third-order valence-corrected chi connectivity index (χ3v) is 3.08. The fourth-order valence-electron chi connectivity index (χ4n) is 0.757. The summed E-state index contributed by atoms with van der Waals surface area (Å²) in [5.74, 6) is 0. The Morgan fingerprint density at radius 1 is 1.67 bits per heavy atom. The maximum absolute atomic E-state index is 10.8. The van der Waals surface area contributed by atoms with Gasteiger partial charge < -0.3 is 0 Å². The lowest BCUT2D eigenvalue weighted by atomic mass is 10.5. The van der Waals surface area contributed by atoms with E-state index >= 15 is 0 Å². The van der Waals surface area contributed by atoms with E-state index in [1.54, 1.807) is 6.92 Å². The number of thiophene rings is 1. The lowest BCUT2D eigenvalue weighted by Gasteiger charge is -1.77. The van der Waals surface area contributed by atoms with Crippen LogP contribution in [0.15, 0.2) is 17.5 Å². The molecule has 0 spiro atoms. The molecule has 0 amide bonds. The van der Waals surface area contributed by atoms with Crippen LogP contribution in [0.4, 0.5) is 0 Å². The predicted molar refractivity (Wildman–Crippen MR) is 40.0 cm³/mol. The van der Waals surface area contributed by atoms with Crippen molar-refractivity contribution in [1.29, 1.82) is 0 Å². The number of aryl methyl sites for hydroxylation is 1. The summed E-state index contributed by atoms with van der Waals surface area (Å²) in [6.07, 6.45) is 0. The molecule has 1 heterocycles. The van der Waals surface area contributed by atoms with Crippen molar-refractivity contribution in [3.05, 3.63) is 22.4 Å². The van der Waals surface area contributed by atoms with E-state index in [0.29, 0.717) is 0 Å². The van der Waals surface area contributed by atoms with Crippen molar-refractivity contribution in [3.63, 3.8) is 0 Å². The molecular weight excluding hydrogens is 132 g/mol. The van der Waals surface area contributed by atoms with E-state index in [1.807, 2.05) is 24.4 Å². The standard InChI is InChI=1S/C7H9OS/c1-6-4-3-5-9(6)7(2)8/h3-5H,1-2H3/q+1. The van der Waals surface area contributed by atoms with Gasteiger partial charge in [-0.25, -0.2) is 4.79 Å². The summed E-state index contributed by atoms with van der Waals surface area (Å²) < 4.78 is 0. The first kappa shape index (κ1) is 6.49. The summed E-state index contributed by atoms with van der Waals surface area (Å²) in [5.41, 5.74) is 0. The number of hydrogen-bond donors (Lipinski definition) is 0. The van der Waals surface area contributed by atoms with Gasteiger partial charge in [-0.05, 0) is 12.1 Å². The molecule has 9 heavy (non-hydrogen) atoms. The summed E-state index contributed by atoms with van der Waals surface area (Å²) in [4.78, 5) is 12.0. The highest BCUT2D eigenvalue weighted by Crippen LogP contribution is 2.23. The van der Waals surface area contributed by atoms with Crippen LogP contribution in [0.3, 0.4) is 0 Å². The maximum Gasteiger partial charge on any atom is 0.352 e. The largest absolute Gasteiger partial charge is 0.352 e. The topological polar surface area (TPSA) is 17.1 Å². The fourth-order valence-corrected chi connectivity index (χ4v) is 2.08. The second-order valence-corrected chi connectivity index (χ2v) is 4.10. The molecular formula is C7H9OS+. The molecule has 1 aromatic heterocycles. The van der Waals surface area contributed by atoms with Crippen LogP contribution >= 0.6 is 10.5 Å². The Bertz CT molecular complexity index is 225. The zero-order valence-corrected chi connectivity index (χ0v) is 6.37. The first-order valence-electron chi connectivity index (χ1n) is 2.80. The van der Waals surface area contributed by atoms with Crippen LogP contribution in [0, 0.1) is 6.92 Å². The SMILES string of the molecule is CC(=O)[s+]1cccc1C. The molecule has 0 N–H and O–H groups in total. The van der Waals surface area contributed by atoms with Gasteiger partial charge in [-0.1, -0.05) is 0 Å². The Kier molecular flexibility index (Phi) is 1.67. The highest BCUT2D eigenvalue weighted by atomic mass is 32.2. The van der Waals surface area contributed by atoms with Gasteiger partial charge in [0.1, 0.15) is 5.38 Å². The van der Waals surface area contributed by atoms with Crippen LogP contribution in [-0.2, 0) is 0 Å². The fraction of sp³-hybridized carbons (Fsp3) is 0.286. The van der Waals surface area contributed by atoms with Gasteiger partial charge in [0.25, 0.3) is 0 Å². The first-order valence-corrected chi connectivity index (χ1v) is 4.09. The molecule has 0 aliphatic carbocycles. The van der Waals surface area contributed by atoms with E-state index < -0.39 is 0 Å². The zero-order chi connectivity index (χ0) is 6.85. The van der Waals surface area contributed by atoms with E-state index in [2.05, 4.69) is 0 Å². The maximum atomic E-state index is 10.8. The van der Waals surface area contributed by atoms with Crippen molar-refractivity contribution >= 4 is 15.6 Å². The van der Waals surface area contributed by atoms with E-state index in [9.17, 15) is 4.79 Å². The monoisotopic (exact) mass is 141 g/mol.